The number of carbonyl (C=O) groups is 1. The third-order valence-corrected chi connectivity index (χ3v) is 11.4. The quantitative estimate of drug-likeness (QED) is 0.257. The van der Waals surface area contributed by atoms with Crippen LogP contribution in [-0.2, 0) is 14.4 Å². The van der Waals surface area contributed by atoms with E-state index in [1.54, 1.807) is 19.1 Å². The molecule has 0 radical (unpaired) electrons. The van der Waals surface area contributed by atoms with Gasteiger partial charge in [-0.3, -0.25) is 19.7 Å². The summed E-state index contributed by atoms with van der Waals surface area (Å²) in [5, 5.41) is 37.8. The minimum absolute atomic E-state index is 0.0542. The Morgan fingerprint density at radius 3 is 2.50 bits per heavy atom. The van der Waals surface area contributed by atoms with Crippen molar-refractivity contribution in [2.45, 2.75) is 121 Å². The van der Waals surface area contributed by atoms with Crippen LogP contribution in [0.15, 0.2) is 0 Å². The molecule has 0 aromatic heterocycles. The molecular formula is C31H56N4O7. The van der Waals surface area contributed by atoms with Gasteiger partial charge in [-0.1, -0.05) is 33.1 Å². The first kappa shape index (κ1) is 33.5. The molecule has 4 fully saturated rings. The Labute approximate surface area is 251 Å². The van der Waals surface area contributed by atoms with E-state index in [1.165, 1.54) is 0 Å². The van der Waals surface area contributed by atoms with Crippen LogP contribution in [0, 0.1) is 45.6 Å². The first-order valence-electron chi connectivity index (χ1n) is 16.3. The molecule has 3 N–H and O–H groups in total. The Morgan fingerprint density at radius 1 is 1.17 bits per heavy atom. The molecule has 4 rings (SSSR count). The normalized spacial score (nSPS) is 42.4. The number of ether oxygens (including phenoxy) is 1. The Hall–Kier alpha value is -1.37. The van der Waals surface area contributed by atoms with E-state index < -0.39 is 30.2 Å². The number of carbonyl (C=O) groups excluding carboxylic acids is 1. The Balaban J connectivity index is 1.53. The highest BCUT2D eigenvalue weighted by atomic mass is 16.7. The molecule has 11 heteroatoms. The van der Waals surface area contributed by atoms with Gasteiger partial charge in [-0.25, -0.2) is 0 Å². The summed E-state index contributed by atoms with van der Waals surface area (Å²) in [6.45, 7) is 6.24. The smallest absolute Gasteiger partial charge is 0.240 e. The zero-order valence-electron chi connectivity index (χ0n) is 26.6. The zero-order valence-corrected chi connectivity index (χ0v) is 26.6. The van der Waals surface area contributed by atoms with Gasteiger partial charge in [0.2, 0.25) is 11.9 Å². The molecule has 13 atom stereocenters. The van der Waals surface area contributed by atoms with Gasteiger partial charge >= 0.3 is 0 Å². The van der Waals surface area contributed by atoms with Crippen molar-refractivity contribution in [3.63, 3.8) is 0 Å². The average Bonchev–Trinajstić information content (AvgIpc) is 3.33. The minimum atomic E-state index is -0.841. The fourth-order valence-electron chi connectivity index (χ4n) is 8.79. The number of nitro groups is 1. The fourth-order valence-corrected chi connectivity index (χ4v) is 8.79. The Bertz CT molecular complexity index is 907. The van der Waals surface area contributed by atoms with E-state index in [1.807, 2.05) is 14.1 Å². The van der Waals surface area contributed by atoms with Gasteiger partial charge < -0.3 is 25.2 Å². The number of hydroxylamine groups is 2. The standard InChI is InChI=1S/C31H56N4O7/c1-18-9-7-12-26(19(18)2)32-31(38)29-28(20(3)37)27(17-36)42-34(29)16-21-10-8-11-25(30(21)41-6)22-13-23(33(4)5)15-24(14-22)35(39)40/h18-30,36-37H,7-17H2,1-6H3,(H,32,38)/t18-,19-,20-,21?,22?,23?,24?,25?,26-,27-,28-,29-,30?/m0/s1. The third kappa shape index (κ3) is 7.29. The number of nitrogens with one attached hydrogen (secondary N) is 1. The molecule has 4 aliphatic rings. The summed E-state index contributed by atoms with van der Waals surface area (Å²) < 4.78 is 6.18. The molecule has 3 aliphatic carbocycles. The number of hydrogen-bond acceptors (Lipinski definition) is 9. The summed E-state index contributed by atoms with van der Waals surface area (Å²) in [6, 6.07) is -1.04. The molecule has 0 aromatic rings. The number of nitrogens with zero attached hydrogens (tertiary/aromatic N) is 3. The maximum absolute atomic E-state index is 13.9. The molecule has 242 valence electrons. The fraction of sp³-hybridized carbons (Fsp3) is 0.968. The summed E-state index contributed by atoms with van der Waals surface area (Å²) in [6.07, 6.45) is 6.42. The van der Waals surface area contributed by atoms with Crippen molar-refractivity contribution in [2.24, 2.45) is 35.5 Å². The number of aliphatic hydroxyl groups is 2. The van der Waals surface area contributed by atoms with E-state index in [0.29, 0.717) is 31.2 Å². The van der Waals surface area contributed by atoms with Gasteiger partial charge in [0, 0.05) is 55.3 Å². The second-order valence-electron chi connectivity index (χ2n) is 14.2. The molecule has 1 amide bonds. The molecule has 0 aromatic carbocycles. The topological polar surface area (TPSA) is 138 Å². The van der Waals surface area contributed by atoms with Gasteiger partial charge in [-0.2, -0.15) is 5.06 Å². The van der Waals surface area contributed by atoms with E-state index in [2.05, 4.69) is 24.1 Å². The summed E-state index contributed by atoms with van der Waals surface area (Å²) in [5.74, 6) is 0.585. The van der Waals surface area contributed by atoms with Crippen LogP contribution < -0.4 is 5.32 Å². The highest BCUT2D eigenvalue weighted by Gasteiger charge is 2.52. The lowest BCUT2D eigenvalue weighted by Gasteiger charge is -2.46. The average molecular weight is 597 g/mol. The maximum atomic E-state index is 13.9. The van der Waals surface area contributed by atoms with Crippen molar-refractivity contribution < 1.29 is 29.5 Å². The van der Waals surface area contributed by atoms with Crippen LogP contribution in [0.5, 0.6) is 0 Å². The zero-order chi connectivity index (χ0) is 30.7. The number of hydrogen-bond donors (Lipinski definition) is 3. The first-order valence-corrected chi connectivity index (χ1v) is 16.3. The predicted molar refractivity (Wildman–Crippen MR) is 159 cm³/mol. The van der Waals surface area contributed by atoms with E-state index in [-0.39, 0.29) is 53.4 Å². The highest BCUT2D eigenvalue weighted by Crippen LogP contribution is 2.44. The molecule has 0 spiro atoms. The van der Waals surface area contributed by atoms with Crippen LogP contribution in [0.4, 0.5) is 0 Å². The lowest BCUT2D eigenvalue weighted by atomic mass is 9.66. The monoisotopic (exact) mass is 596 g/mol. The van der Waals surface area contributed by atoms with Crippen molar-refractivity contribution >= 4 is 5.91 Å². The third-order valence-electron chi connectivity index (χ3n) is 11.4. The van der Waals surface area contributed by atoms with Gasteiger partial charge in [0.05, 0.1) is 18.8 Å². The van der Waals surface area contributed by atoms with Crippen molar-refractivity contribution in [1.29, 1.82) is 0 Å². The summed E-state index contributed by atoms with van der Waals surface area (Å²) in [5.41, 5.74) is 0. The van der Waals surface area contributed by atoms with Crippen molar-refractivity contribution in [1.82, 2.24) is 15.3 Å². The molecule has 1 saturated heterocycles. The number of methoxy groups -OCH3 is 1. The van der Waals surface area contributed by atoms with Crippen molar-refractivity contribution in [3.05, 3.63) is 10.1 Å². The molecule has 6 unspecified atom stereocenters. The second kappa shape index (κ2) is 14.6. The first-order chi connectivity index (χ1) is 20.0. The molecule has 1 heterocycles. The maximum Gasteiger partial charge on any atom is 0.240 e. The number of aliphatic hydroxyl groups excluding tert-OH is 2. The van der Waals surface area contributed by atoms with Gasteiger partial charge in [0.25, 0.3) is 0 Å². The molecule has 42 heavy (non-hydrogen) atoms. The highest BCUT2D eigenvalue weighted by molar-refractivity contribution is 5.82. The number of amides is 1. The van der Waals surface area contributed by atoms with Crippen LogP contribution in [0.2, 0.25) is 0 Å². The van der Waals surface area contributed by atoms with Gasteiger partial charge in [-0.05, 0) is 70.4 Å². The van der Waals surface area contributed by atoms with E-state index in [4.69, 9.17) is 9.57 Å². The molecular weight excluding hydrogens is 540 g/mol. The van der Waals surface area contributed by atoms with Crippen LogP contribution >= 0.6 is 0 Å². The molecule has 11 nitrogen and oxygen atoms in total. The minimum Gasteiger partial charge on any atom is -0.394 e. The van der Waals surface area contributed by atoms with E-state index in [0.717, 1.165) is 44.9 Å². The van der Waals surface area contributed by atoms with Crippen LogP contribution in [0.25, 0.3) is 0 Å². The van der Waals surface area contributed by atoms with Crippen LogP contribution in [-0.4, -0.2) is 108 Å². The lowest BCUT2D eigenvalue weighted by Crippen LogP contribution is -2.55. The summed E-state index contributed by atoms with van der Waals surface area (Å²) >= 11 is 0. The van der Waals surface area contributed by atoms with Gasteiger partial charge in [0.1, 0.15) is 12.1 Å². The Morgan fingerprint density at radius 2 is 1.88 bits per heavy atom. The lowest BCUT2D eigenvalue weighted by molar-refractivity contribution is -0.529. The molecule has 0 bridgehead atoms. The summed E-state index contributed by atoms with van der Waals surface area (Å²) in [7, 11) is 5.73. The van der Waals surface area contributed by atoms with E-state index >= 15 is 0 Å². The van der Waals surface area contributed by atoms with Crippen LogP contribution in [0.3, 0.4) is 0 Å². The molecule has 1 aliphatic heterocycles. The summed E-state index contributed by atoms with van der Waals surface area (Å²) in [4.78, 5) is 34.1. The predicted octanol–water partition coefficient (Wildman–Crippen LogP) is 2.71. The van der Waals surface area contributed by atoms with Gasteiger partial charge in [-0.15, -0.1) is 0 Å². The largest absolute Gasteiger partial charge is 0.394 e. The van der Waals surface area contributed by atoms with Crippen molar-refractivity contribution in [3.8, 4) is 0 Å². The van der Waals surface area contributed by atoms with Crippen molar-refractivity contribution in [2.75, 3.05) is 34.4 Å². The molecule has 3 saturated carbocycles. The second-order valence-corrected chi connectivity index (χ2v) is 14.2. The van der Waals surface area contributed by atoms with E-state index in [9.17, 15) is 25.1 Å². The SMILES string of the molecule is COC1C(CN2O[C@@H](CO)[C@H]([C@H](C)O)[C@H]2C(=O)N[C@H]2CCC[C@H](C)[C@@H]2C)CCCC1C1CC(N(C)C)CC([N+](=O)[O-])C1. The Kier molecular flexibility index (Phi) is 11.7. The van der Waals surface area contributed by atoms with Crippen LogP contribution in [0.1, 0.15) is 78.6 Å². The number of rotatable bonds is 10. The van der Waals surface area contributed by atoms with Gasteiger partial charge in [0.15, 0.2) is 0 Å².